The quantitative estimate of drug-likeness (QED) is 0.386. The highest BCUT2D eigenvalue weighted by atomic mass is 19.4. The van der Waals surface area contributed by atoms with E-state index >= 15 is 0 Å². The maximum atomic E-state index is 14.4. The van der Waals surface area contributed by atoms with Gasteiger partial charge in [-0.05, 0) is 73.3 Å². The molecule has 2 aliphatic heterocycles. The highest BCUT2D eigenvalue weighted by molar-refractivity contribution is 5.89. The molecule has 2 bridgehead atoms. The van der Waals surface area contributed by atoms with E-state index in [0.29, 0.717) is 29.8 Å². The van der Waals surface area contributed by atoms with Crippen LogP contribution >= 0.6 is 0 Å². The van der Waals surface area contributed by atoms with Gasteiger partial charge < -0.3 is 4.74 Å². The largest absolute Gasteiger partial charge is 0.490 e. The molecule has 1 saturated heterocycles. The maximum Gasteiger partial charge on any atom is 0.420 e. The fraction of sp³-hybridized carbons (Fsp3) is 0.517. The van der Waals surface area contributed by atoms with Crippen LogP contribution in [0.15, 0.2) is 42.9 Å². The second-order valence-electron chi connectivity index (χ2n) is 10.9. The third-order valence-corrected chi connectivity index (χ3v) is 8.50. The lowest BCUT2D eigenvalue weighted by molar-refractivity contribution is -0.138. The summed E-state index contributed by atoms with van der Waals surface area (Å²) in [6.07, 6.45) is 6.37. The minimum atomic E-state index is -4.48. The molecule has 7 heteroatoms. The predicted molar refractivity (Wildman–Crippen MR) is 133 cm³/mol. The number of ether oxygens (including phenoxy) is 1. The lowest BCUT2D eigenvalue weighted by Crippen LogP contribution is -2.39. The molecule has 2 unspecified atom stereocenters. The van der Waals surface area contributed by atoms with E-state index in [-0.39, 0.29) is 17.2 Å². The molecule has 1 saturated carbocycles. The molecule has 0 amide bonds. The van der Waals surface area contributed by atoms with Crippen molar-refractivity contribution in [3.8, 4) is 5.75 Å². The number of rotatable bonds is 5. The van der Waals surface area contributed by atoms with Crippen LogP contribution in [0.25, 0.3) is 10.8 Å². The molecule has 1 aliphatic carbocycles. The summed E-state index contributed by atoms with van der Waals surface area (Å²) in [4.78, 5) is 11.2. The molecule has 190 valence electrons. The van der Waals surface area contributed by atoms with E-state index in [0.717, 1.165) is 62.7 Å². The molecular weight excluding hydrogens is 463 g/mol. The molecule has 0 N–H and O–H groups in total. The van der Waals surface area contributed by atoms with Crippen molar-refractivity contribution in [3.05, 3.63) is 65.2 Å². The van der Waals surface area contributed by atoms with Crippen molar-refractivity contribution >= 4 is 10.8 Å². The van der Waals surface area contributed by atoms with E-state index < -0.39 is 11.7 Å². The van der Waals surface area contributed by atoms with Crippen molar-refractivity contribution in [2.24, 2.45) is 5.92 Å². The number of aromatic nitrogens is 2. The highest BCUT2D eigenvalue weighted by Crippen LogP contribution is 2.44. The summed E-state index contributed by atoms with van der Waals surface area (Å²) in [5.41, 5.74) is 2.65. The summed E-state index contributed by atoms with van der Waals surface area (Å²) in [6, 6.07) is 9.54. The van der Waals surface area contributed by atoms with Crippen LogP contribution in [0.4, 0.5) is 13.2 Å². The monoisotopic (exact) mass is 495 g/mol. The van der Waals surface area contributed by atoms with E-state index in [9.17, 15) is 13.2 Å². The van der Waals surface area contributed by atoms with Gasteiger partial charge in [0.2, 0.25) is 0 Å². The van der Waals surface area contributed by atoms with Crippen LogP contribution < -0.4 is 4.74 Å². The number of hydrogen-bond acceptors (Lipinski definition) is 4. The minimum Gasteiger partial charge on any atom is -0.490 e. The van der Waals surface area contributed by atoms with Crippen LogP contribution in [0.3, 0.4) is 0 Å². The fourth-order valence-electron chi connectivity index (χ4n) is 6.54. The van der Waals surface area contributed by atoms with Gasteiger partial charge in [0.1, 0.15) is 17.6 Å². The SMILES string of the molecule is CC1CCC(Oc2ccc3ccc(CCN4C5CCC4c4cncnc4C5)cc3c2C(F)(F)F)CC1. The molecular formula is C29H32F3N3O. The first-order chi connectivity index (χ1) is 17.4. The zero-order valence-electron chi connectivity index (χ0n) is 20.6. The van der Waals surface area contributed by atoms with E-state index in [2.05, 4.69) is 21.8 Å². The van der Waals surface area contributed by atoms with Gasteiger partial charge in [-0.15, -0.1) is 0 Å². The molecule has 2 fully saturated rings. The average Bonchev–Trinajstić information content (AvgIpc) is 3.15. The Labute approximate surface area is 209 Å². The lowest BCUT2D eigenvalue weighted by Gasteiger charge is -2.35. The second-order valence-corrected chi connectivity index (χ2v) is 10.9. The highest BCUT2D eigenvalue weighted by Gasteiger charge is 2.40. The normalized spacial score (nSPS) is 26.2. The van der Waals surface area contributed by atoms with Gasteiger partial charge in [0.25, 0.3) is 0 Å². The zero-order valence-corrected chi connectivity index (χ0v) is 20.6. The van der Waals surface area contributed by atoms with E-state index in [1.165, 1.54) is 11.6 Å². The predicted octanol–water partition coefficient (Wildman–Crippen LogP) is 6.91. The Morgan fingerprint density at radius 2 is 1.83 bits per heavy atom. The summed E-state index contributed by atoms with van der Waals surface area (Å²) >= 11 is 0. The first-order valence-corrected chi connectivity index (χ1v) is 13.2. The van der Waals surface area contributed by atoms with Crippen LogP contribution in [0.2, 0.25) is 0 Å². The fourth-order valence-corrected chi connectivity index (χ4v) is 6.54. The first-order valence-electron chi connectivity index (χ1n) is 13.2. The van der Waals surface area contributed by atoms with Gasteiger partial charge in [-0.3, -0.25) is 4.90 Å². The molecule has 0 spiro atoms. The Morgan fingerprint density at radius 1 is 1.03 bits per heavy atom. The van der Waals surface area contributed by atoms with Crippen LogP contribution in [0.1, 0.15) is 73.9 Å². The minimum absolute atomic E-state index is 0.0302. The van der Waals surface area contributed by atoms with Gasteiger partial charge in [-0.25, -0.2) is 9.97 Å². The molecule has 3 heterocycles. The summed E-state index contributed by atoms with van der Waals surface area (Å²) < 4.78 is 49.1. The van der Waals surface area contributed by atoms with Gasteiger partial charge in [-0.1, -0.05) is 31.2 Å². The summed E-state index contributed by atoms with van der Waals surface area (Å²) in [5, 5.41) is 0.835. The van der Waals surface area contributed by atoms with Crippen molar-refractivity contribution < 1.29 is 17.9 Å². The third-order valence-electron chi connectivity index (χ3n) is 8.50. The number of alkyl halides is 3. The number of fused-ring (bicyclic) bond motifs is 5. The summed E-state index contributed by atoms with van der Waals surface area (Å²) in [5.74, 6) is 0.583. The number of halogens is 3. The molecule has 6 rings (SSSR count). The van der Waals surface area contributed by atoms with E-state index in [1.54, 1.807) is 18.5 Å². The van der Waals surface area contributed by atoms with Gasteiger partial charge in [0, 0.05) is 36.8 Å². The summed E-state index contributed by atoms with van der Waals surface area (Å²) in [6.45, 7) is 3.00. The van der Waals surface area contributed by atoms with Crippen molar-refractivity contribution in [2.45, 2.75) is 82.7 Å². The molecule has 3 aromatic rings. The summed E-state index contributed by atoms with van der Waals surface area (Å²) in [7, 11) is 0. The van der Waals surface area contributed by atoms with Crippen molar-refractivity contribution in [2.75, 3.05) is 6.54 Å². The van der Waals surface area contributed by atoms with Crippen LogP contribution in [-0.4, -0.2) is 33.6 Å². The lowest BCUT2D eigenvalue weighted by atomic mass is 9.89. The van der Waals surface area contributed by atoms with Crippen molar-refractivity contribution in [1.29, 1.82) is 0 Å². The standard InChI is InChI=1S/C29H32F3N3O/c1-18-2-8-22(9-3-18)36-27-11-6-20-5-4-19(14-23(20)28(27)29(30,31)32)12-13-35-21-7-10-26(35)24-16-33-17-34-25(24)15-21/h4-6,11,14,16-18,21-22,26H,2-3,7-10,12-13,15H2,1H3. The molecule has 0 radical (unpaired) electrons. The van der Waals surface area contributed by atoms with Gasteiger partial charge in [0.15, 0.2) is 0 Å². The van der Waals surface area contributed by atoms with Crippen LogP contribution in [0, 0.1) is 5.92 Å². The van der Waals surface area contributed by atoms with Crippen molar-refractivity contribution in [1.82, 2.24) is 14.9 Å². The van der Waals surface area contributed by atoms with Crippen molar-refractivity contribution in [3.63, 3.8) is 0 Å². The molecule has 3 aliphatic rings. The maximum absolute atomic E-state index is 14.4. The van der Waals surface area contributed by atoms with Crippen LogP contribution in [-0.2, 0) is 19.0 Å². The average molecular weight is 496 g/mol. The Balaban J connectivity index is 1.26. The van der Waals surface area contributed by atoms with Gasteiger partial charge in [0.05, 0.1) is 11.8 Å². The van der Waals surface area contributed by atoms with E-state index in [4.69, 9.17) is 4.74 Å². The number of hydrogen-bond donors (Lipinski definition) is 0. The topological polar surface area (TPSA) is 38.2 Å². The number of nitrogens with zero attached hydrogens (tertiary/aromatic N) is 3. The van der Waals surface area contributed by atoms with Crippen LogP contribution in [0.5, 0.6) is 5.75 Å². The van der Waals surface area contributed by atoms with Gasteiger partial charge in [-0.2, -0.15) is 13.2 Å². The Kier molecular flexibility index (Phi) is 6.14. The molecule has 36 heavy (non-hydrogen) atoms. The molecule has 1 aromatic heterocycles. The third kappa shape index (κ3) is 4.47. The second kappa shape index (κ2) is 9.33. The first kappa shape index (κ1) is 23.7. The molecule has 2 aromatic carbocycles. The Hall–Kier alpha value is -2.67. The Bertz CT molecular complexity index is 1250. The Morgan fingerprint density at radius 3 is 2.64 bits per heavy atom. The smallest absolute Gasteiger partial charge is 0.420 e. The van der Waals surface area contributed by atoms with E-state index in [1.807, 2.05) is 18.3 Å². The molecule has 4 nitrogen and oxygen atoms in total. The number of benzene rings is 2. The molecule has 2 atom stereocenters. The van der Waals surface area contributed by atoms with Gasteiger partial charge >= 0.3 is 6.18 Å². The zero-order chi connectivity index (χ0) is 24.9.